The van der Waals surface area contributed by atoms with E-state index in [9.17, 15) is 4.79 Å². The second-order valence-corrected chi connectivity index (χ2v) is 7.50. The number of amides is 1. The van der Waals surface area contributed by atoms with Gasteiger partial charge in [0.1, 0.15) is 0 Å². The molecule has 0 bridgehead atoms. The highest BCUT2D eigenvalue weighted by atomic mass is 16.2. The SMILES string of the molecule is CC1CCCN(CC(=O)N2CCC(Cc3ccccc3)CC2)C1. The number of hydrogen-bond acceptors (Lipinski definition) is 2. The minimum absolute atomic E-state index is 0.345. The second-order valence-electron chi connectivity index (χ2n) is 7.50. The molecule has 1 amide bonds. The molecular weight excluding hydrogens is 284 g/mol. The van der Waals surface area contributed by atoms with Crippen LogP contribution in [0, 0.1) is 11.8 Å². The van der Waals surface area contributed by atoms with Crippen LogP contribution in [0.1, 0.15) is 38.2 Å². The molecule has 1 atom stereocenters. The van der Waals surface area contributed by atoms with Gasteiger partial charge < -0.3 is 4.90 Å². The second kappa shape index (κ2) is 7.96. The van der Waals surface area contributed by atoms with Crippen molar-refractivity contribution >= 4 is 5.91 Å². The van der Waals surface area contributed by atoms with Crippen molar-refractivity contribution in [1.82, 2.24) is 9.80 Å². The number of carbonyl (C=O) groups is 1. The maximum atomic E-state index is 12.5. The summed E-state index contributed by atoms with van der Waals surface area (Å²) >= 11 is 0. The first-order valence-corrected chi connectivity index (χ1v) is 9.25. The van der Waals surface area contributed by atoms with Gasteiger partial charge in [-0.2, -0.15) is 0 Å². The van der Waals surface area contributed by atoms with Crippen molar-refractivity contribution in [3.8, 4) is 0 Å². The predicted molar refractivity (Wildman–Crippen MR) is 94.3 cm³/mol. The Morgan fingerprint density at radius 3 is 2.52 bits per heavy atom. The van der Waals surface area contributed by atoms with Crippen molar-refractivity contribution in [3.05, 3.63) is 35.9 Å². The summed E-state index contributed by atoms with van der Waals surface area (Å²) in [7, 11) is 0. The Balaban J connectivity index is 1.42. The molecule has 2 aliphatic heterocycles. The first-order chi connectivity index (χ1) is 11.2. The largest absolute Gasteiger partial charge is 0.342 e. The van der Waals surface area contributed by atoms with E-state index in [1.807, 2.05) is 0 Å². The van der Waals surface area contributed by atoms with Crippen LogP contribution in [0.15, 0.2) is 30.3 Å². The molecule has 2 saturated heterocycles. The maximum absolute atomic E-state index is 12.5. The standard InChI is InChI=1S/C20H30N2O/c1-17-6-5-11-21(15-17)16-20(23)22-12-9-19(10-13-22)14-18-7-3-2-4-8-18/h2-4,7-8,17,19H,5-6,9-16H2,1H3. The molecule has 0 aromatic heterocycles. The summed E-state index contributed by atoms with van der Waals surface area (Å²) in [5, 5.41) is 0. The number of nitrogens with zero attached hydrogens (tertiary/aromatic N) is 2. The monoisotopic (exact) mass is 314 g/mol. The zero-order valence-electron chi connectivity index (χ0n) is 14.4. The minimum Gasteiger partial charge on any atom is -0.342 e. The van der Waals surface area contributed by atoms with Crippen molar-refractivity contribution in [3.63, 3.8) is 0 Å². The van der Waals surface area contributed by atoms with E-state index in [4.69, 9.17) is 0 Å². The lowest BCUT2D eigenvalue weighted by Crippen LogP contribution is -2.46. The molecule has 0 radical (unpaired) electrons. The Hall–Kier alpha value is -1.35. The molecule has 0 N–H and O–H groups in total. The van der Waals surface area contributed by atoms with Crippen LogP contribution in [0.25, 0.3) is 0 Å². The Morgan fingerprint density at radius 2 is 1.83 bits per heavy atom. The van der Waals surface area contributed by atoms with Gasteiger partial charge in [-0.25, -0.2) is 0 Å². The third kappa shape index (κ3) is 4.81. The fourth-order valence-electron chi connectivity index (χ4n) is 4.06. The molecule has 1 unspecified atom stereocenters. The van der Waals surface area contributed by atoms with Gasteiger partial charge in [-0.15, -0.1) is 0 Å². The van der Waals surface area contributed by atoms with Gasteiger partial charge in [-0.1, -0.05) is 37.3 Å². The van der Waals surface area contributed by atoms with Crippen LogP contribution in [-0.4, -0.2) is 48.4 Å². The summed E-state index contributed by atoms with van der Waals surface area (Å²) < 4.78 is 0. The van der Waals surface area contributed by atoms with E-state index in [0.29, 0.717) is 12.5 Å². The van der Waals surface area contributed by atoms with Gasteiger partial charge >= 0.3 is 0 Å². The molecular formula is C20H30N2O. The summed E-state index contributed by atoms with van der Waals surface area (Å²) in [4.78, 5) is 17.0. The lowest BCUT2D eigenvalue weighted by molar-refractivity contribution is -0.134. The molecule has 126 valence electrons. The number of piperidine rings is 2. The number of carbonyl (C=O) groups excluding carboxylic acids is 1. The molecule has 23 heavy (non-hydrogen) atoms. The summed E-state index contributed by atoms with van der Waals surface area (Å²) in [6.07, 6.45) is 6.02. The summed E-state index contributed by atoms with van der Waals surface area (Å²) in [6, 6.07) is 10.7. The van der Waals surface area contributed by atoms with Crippen molar-refractivity contribution < 1.29 is 4.79 Å². The average Bonchev–Trinajstić information content (AvgIpc) is 2.56. The van der Waals surface area contributed by atoms with Crippen LogP contribution >= 0.6 is 0 Å². The Labute approximate surface area is 140 Å². The summed E-state index contributed by atoms with van der Waals surface area (Å²) in [6.45, 7) is 7.01. The van der Waals surface area contributed by atoms with Crippen LogP contribution in [-0.2, 0) is 11.2 Å². The Kier molecular flexibility index (Phi) is 5.71. The molecule has 0 saturated carbocycles. The van der Waals surface area contributed by atoms with Gasteiger partial charge in [0.05, 0.1) is 6.54 Å². The third-order valence-corrected chi connectivity index (χ3v) is 5.43. The van der Waals surface area contributed by atoms with Gasteiger partial charge in [0.2, 0.25) is 5.91 Å². The minimum atomic E-state index is 0.345. The molecule has 0 aliphatic carbocycles. The highest BCUT2D eigenvalue weighted by Crippen LogP contribution is 2.22. The van der Waals surface area contributed by atoms with Crippen LogP contribution in [0.4, 0.5) is 0 Å². The first-order valence-electron chi connectivity index (χ1n) is 9.25. The summed E-state index contributed by atoms with van der Waals surface area (Å²) in [5.41, 5.74) is 1.43. The fraction of sp³-hybridized carbons (Fsp3) is 0.650. The van der Waals surface area contributed by atoms with E-state index in [1.165, 1.54) is 18.4 Å². The highest BCUT2D eigenvalue weighted by Gasteiger charge is 2.25. The van der Waals surface area contributed by atoms with Crippen molar-refractivity contribution in [2.45, 2.75) is 39.0 Å². The van der Waals surface area contributed by atoms with Crippen LogP contribution in [0.5, 0.6) is 0 Å². The van der Waals surface area contributed by atoms with Crippen LogP contribution < -0.4 is 0 Å². The molecule has 1 aromatic rings. The van der Waals surface area contributed by atoms with Gasteiger partial charge in [0.15, 0.2) is 0 Å². The average molecular weight is 314 g/mol. The molecule has 2 heterocycles. The van der Waals surface area contributed by atoms with E-state index in [0.717, 1.165) is 57.3 Å². The quantitative estimate of drug-likeness (QED) is 0.852. The van der Waals surface area contributed by atoms with Crippen LogP contribution in [0.3, 0.4) is 0 Å². The number of likely N-dealkylation sites (tertiary alicyclic amines) is 2. The van der Waals surface area contributed by atoms with Gasteiger partial charge in [0, 0.05) is 19.6 Å². The lowest BCUT2D eigenvalue weighted by atomic mass is 9.90. The molecule has 3 heteroatoms. The predicted octanol–water partition coefficient (Wildman–Crippen LogP) is 3.20. The Bertz CT molecular complexity index is 494. The molecule has 2 aliphatic rings. The lowest BCUT2D eigenvalue weighted by Gasteiger charge is -2.35. The van der Waals surface area contributed by atoms with Gasteiger partial charge in [-0.05, 0) is 56.0 Å². The first kappa shape index (κ1) is 16.5. The normalized spacial score (nSPS) is 23.9. The van der Waals surface area contributed by atoms with Gasteiger partial charge in [-0.3, -0.25) is 9.69 Å². The highest BCUT2D eigenvalue weighted by molar-refractivity contribution is 5.78. The third-order valence-electron chi connectivity index (χ3n) is 5.43. The van der Waals surface area contributed by atoms with Crippen molar-refractivity contribution in [2.75, 3.05) is 32.7 Å². The molecule has 3 nitrogen and oxygen atoms in total. The molecule has 0 spiro atoms. The topological polar surface area (TPSA) is 23.6 Å². The number of hydrogen-bond donors (Lipinski definition) is 0. The van der Waals surface area contributed by atoms with E-state index in [-0.39, 0.29) is 0 Å². The van der Waals surface area contributed by atoms with E-state index >= 15 is 0 Å². The maximum Gasteiger partial charge on any atom is 0.236 e. The molecule has 1 aromatic carbocycles. The van der Waals surface area contributed by atoms with E-state index in [1.54, 1.807) is 0 Å². The van der Waals surface area contributed by atoms with Crippen LogP contribution in [0.2, 0.25) is 0 Å². The Morgan fingerprint density at radius 1 is 1.09 bits per heavy atom. The smallest absolute Gasteiger partial charge is 0.236 e. The zero-order chi connectivity index (χ0) is 16.1. The van der Waals surface area contributed by atoms with Crippen molar-refractivity contribution in [1.29, 1.82) is 0 Å². The molecule has 3 rings (SSSR count). The van der Waals surface area contributed by atoms with Gasteiger partial charge in [0.25, 0.3) is 0 Å². The van der Waals surface area contributed by atoms with Crippen molar-refractivity contribution in [2.24, 2.45) is 11.8 Å². The number of rotatable bonds is 4. The van der Waals surface area contributed by atoms with E-state index in [2.05, 4.69) is 47.1 Å². The summed E-state index contributed by atoms with van der Waals surface area (Å²) in [5.74, 6) is 1.82. The number of benzene rings is 1. The zero-order valence-corrected chi connectivity index (χ0v) is 14.4. The van der Waals surface area contributed by atoms with E-state index < -0.39 is 0 Å². The fourth-order valence-corrected chi connectivity index (χ4v) is 4.06. The molecule has 2 fully saturated rings.